The minimum atomic E-state index is -3.43. The van der Waals surface area contributed by atoms with E-state index in [4.69, 9.17) is 9.92 Å². The molecule has 0 fully saturated rings. The summed E-state index contributed by atoms with van der Waals surface area (Å²) in [5.74, 6) is -0.348. The van der Waals surface area contributed by atoms with Gasteiger partial charge in [-0.2, -0.15) is 8.42 Å². The van der Waals surface area contributed by atoms with E-state index in [1.165, 1.54) is 0 Å². The van der Waals surface area contributed by atoms with E-state index < -0.39 is 16.0 Å². The number of aromatic nitrogens is 1. The maximum absolute atomic E-state index is 11.6. The van der Waals surface area contributed by atoms with Gasteiger partial charge >= 0.3 is 0 Å². The van der Waals surface area contributed by atoms with Gasteiger partial charge in [0.1, 0.15) is 0 Å². The Morgan fingerprint density at radius 1 is 1.48 bits per heavy atom. The van der Waals surface area contributed by atoms with Crippen LogP contribution in [0.3, 0.4) is 0 Å². The van der Waals surface area contributed by atoms with Crippen molar-refractivity contribution in [2.45, 2.75) is 19.3 Å². The number of primary amides is 1. The summed E-state index contributed by atoms with van der Waals surface area (Å²) in [7, 11) is -3.43. The second kappa shape index (κ2) is 5.92. The van der Waals surface area contributed by atoms with Crippen molar-refractivity contribution in [2.75, 3.05) is 12.9 Å². The molecule has 0 saturated heterocycles. The topological polar surface area (TPSA) is 102 Å². The number of H-pyrrole nitrogens is 1. The monoisotopic (exact) mass is 400 g/mol. The highest BCUT2D eigenvalue weighted by Crippen LogP contribution is 2.37. The summed E-state index contributed by atoms with van der Waals surface area (Å²) >= 11 is 3.53. The Hall–Kier alpha value is -1.38. The van der Waals surface area contributed by atoms with E-state index >= 15 is 0 Å². The number of hydrogen-bond acceptors (Lipinski definition) is 4. The molecule has 0 radical (unpaired) electrons. The zero-order valence-corrected chi connectivity index (χ0v) is 15.0. The van der Waals surface area contributed by atoms with Crippen molar-refractivity contribution < 1.29 is 17.4 Å². The molecule has 8 heteroatoms. The molecule has 1 heterocycles. The molecule has 23 heavy (non-hydrogen) atoms. The Labute approximate surface area is 142 Å². The van der Waals surface area contributed by atoms with Crippen LogP contribution in [0, 0.1) is 5.92 Å². The Bertz CT molecular complexity index is 889. The summed E-state index contributed by atoms with van der Waals surface area (Å²) in [6.45, 7) is 0.178. The molecular formula is C15H17BrN2O4S. The Balaban J connectivity index is 1.96. The number of carbonyl (C=O) groups is 1. The van der Waals surface area contributed by atoms with Crippen molar-refractivity contribution in [2.24, 2.45) is 11.7 Å². The highest BCUT2D eigenvalue weighted by Gasteiger charge is 2.26. The van der Waals surface area contributed by atoms with Gasteiger partial charge in [-0.1, -0.05) is 15.9 Å². The number of rotatable bonds is 4. The molecule has 0 aliphatic heterocycles. The summed E-state index contributed by atoms with van der Waals surface area (Å²) in [6.07, 6.45) is 3.38. The molecule has 1 aromatic carbocycles. The van der Waals surface area contributed by atoms with Crippen LogP contribution in [0.15, 0.2) is 16.6 Å². The third kappa shape index (κ3) is 3.29. The minimum Gasteiger partial charge on any atom is -0.366 e. The Kier molecular flexibility index (Phi) is 4.24. The van der Waals surface area contributed by atoms with Crippen LogP contribution in [0.5, 0.6) is 0 Å². The lowest BCUT2D eigenvalue weighted by atomic mass is 9.87. The van der Waals surface area contributed by atoms with Crippen LogP contribution >= 0.6 is 15.9 Å². The molecule has 2 aromatic rings. The van der Waals surface area contributed by atoms with Gasteiger partial charge in [0.05, 0.1) is 23.9 Å². The highest BCUT2D eigenvalue weighted by atomic mass is 79.9. The van der Waals surface area contributed by atoms with E-state index in [1.807, 2.05) is 6.07 Å². The average Bonchev–Trinajstić information content (AvgIpc) is 2.83. The van der Waals surface area contributed by atoms with Crippen LogP contribution in [-0.2, 0) is 27.1 Å². The summed E-state index contributed by atoms with van der Waals surface area (Å²) in [5.41, 5.74) is 8.82. The van der Waals surface area contributed by atoms with Crippen molar-refractivity contribution >= 4 is 42.9 Å². The van der Waals surface area contributed by atoms with E-state index in [-0.39, 0.29) is 12.5 Å². The fourth-order valence-corrected chi connectivity index (χ4v) is 4.15. The number of hydrogen-bond donors (Lipinski definition) is 2. The smallest absolute Gasteiger partial charge is 0.264 e. The fourth-order valence-electron chi connectivity index (χ4n) is 3.14. The van der Waals surface area contributed by atoms with E-state index in [1.54, 1.807) is 6.07 Å². The van der Waals surface area contributed by atoms with Gasteiger partial charge in [0.15, 0.2) is 0 Å². The average molecular weight is 401 g/mol. The lowest BCUT2D eigenvalue weighted by Gasteiger charge is -2.21. The number of amides is 1. The highest BCUT2D eigenvalue weighted by molar-refractivity contribution is 9.10. The van der Waals surface area contributed by atoms with Gasteiger partial charge in [-0.05, 0) is 42.9 Å². The van der Waals surface area contributed by atoms with Crippen LogP contribution in [0.25, 0.3) is 10.9 Å². The lowest BCUT2D eigenvalue weighted by molar-refractivity contribution is 0.100. The second-order valence-corrected chi connectivity index (χ2v) is 8.39. The maximum Gasteiger partial charge on any atom is 0.264 e. The van der Waals surface area contributed by atoms with Crippen molar-refractivity contribution in [1.82, 2.24) is 4.98 Å². The second-order valence-electron chi connectivity index (χ2n) is 5.89. The molecule has 3 rings (SSSR count). The molecule has 1 aliphatic carbocycles. The number of benzene rings is 1. The summed E-state index contributed by atoms with van der Waals surface area (Å²) < 4.78 is 28.1. The van der Waals surface area contributed by atoms with Crippen molar-refractivity contribution in [3.8, 4) is 0 Å². The molecule has 1 atom stereocenters. The van der Waals surface area contributed by atoms with E-state index in [9.17, 15) is 13.2 Å². The molecule has 1 unspecified atom stereocenters. The predicted molar refractivity (Wildman–Crippen MR) is 90.8 cm³/mol. The zero-order chi connectivity index (χ0) is 16.8. The van der Waals surface area contributed by atoms with Crippen LogP contribution < -0.4 is 5.73 Å². The molecule has 1 aliphatic rings. The molecule has 1 amide bonds. The van der Waals surface area contributed by atoms with Crippen LogP contribution in [-0.4, -0.2) is 32.2 Å². The van der Waals surface area contributed by atoms with Crippen molar-refractivity contribution in [3.63, 3.8) is 0 Å². The van der Waals surface area contributed by atoms with Gasteiger partial charge in [-0.15, -0.1) is 0 Å². The lowest BCUT2D eigenvalue weighted by Crippen LogP contribution is -2.20. The van der Waals surface area contributed by atoms with E-state index in [0.29, 0.717) is 12.0 Å². The van der Waals surface area contributed by atoms with Gasteiger partial charge in [0, 0.05) is 15.6 Å². The summed E-state index contributed by atoms with van der Waals surface area (Å²) in [5, 5.41) is 0.985. The number of halogens is 1. The molecular weight excluding hydrogens is 384 g/mol. The summed E-state index contributed by atoms with van der Waals surface area (Å²) in [6, 6.07) is 3.52. The molecule has 124 valence electrons. The van der Waals surface area contributed by atoms with E-state index in [0.717, 1.165) is 45.7 Å². The first kappa shape index (κ1) is 16.5. The van der Waals surface area contributed by atoms with Crippen LogP contribution in [0.1, 0.15) is 28.0 Å². The Morgan fingerprint density at radius 3 is 2.87 bits per heavy atom. The quantitative estimate of drug-likeness (QED) is 0.766. The number of nitrogens with two attached hydrogens (primary N) is 1. The number of nitrogens with one attached hydrogen (secondary N) is 1. The van der Waals surface area contributed by atoms with Gasteiger partial charge in [0.2, 0.25) is 0 Å². The molecule has 0 bridgehead atoms. The minimum absolute atomic E-state index is 0.126. The number of fused-ring (bicyclic) bond motifs is 3. The fraction of sp³-hybridized carbons (Fsp3) is 0.400. The van der Waals surface area contributed by atoms with Gasteiger partial charge in [0.25, 0.3) is 16.0 Å². The Morgan fingerprint density at radius 2 is 2.22 bits per heavy atom. The van der Waals surface area contributed by atoms with Crippen molar-refractivity contribution in [1.29, 1.82) is 0 Å². The first-order valence-corrected chi connectivity index (χ1v) is 9.83. The first-order chi connectivity index (χ1) is 10.8. The van der Waals surface area contributed by atoms with Crippen molar-refractivity contribution in [3.05, 3.63) is 33.4 Å². The maximum atomic E-state index is 11.6. The van der Waals surface area contributed by atoms with Gasteiger partial charge in [-0.25, -0.2) is 0 Å². The van der Waals surface area contributed by atoms with E-state index in [2.05, 4.69) is 20.9 Å². The van der Waals surface area contributed by atoms with Gasteiger partial charge in [-0.3, -0.25) is 8.98 Å². The zero-order valence-electron chi connectivity index (χ0n) is 12.6. The number of carbonyl (C=O) groups excluding carboxylic acids is 1. The molecule has 0 spiro atoms. The SMILES string of the molecule is CS(=O)(=O)OCC1CCc2c([nH]c3c(C(N)=O)ccc(Br)c23)C1. The standard InChI is InChI=1S/C15H17BrN2O4S/c1-23(20,21)22-7-8-2-3-9-12(6-8)18-14-10(15(17)19)4-5-11(16)13(9)14/h4-5,8,18H,2-3,6-7H2,1H3,(H2,17,19). The third-order valence-corrected chi connectivity index (χ3v) is 5.40. The van der Waals surface area contributed by atoms with Crippen LogP contribution in [0.2, 0.25) is 0 Å². The predicted octanol–water partition coefficient (Wildman–Crippen LogP) is 2.11. The normalized spacial score (nSPS) is 18.1. The molecule has 6 nitrogen and oxygen atoms in total. The molecule has 3 N–H and O–H groups in total. The molecule has 0 saturated carbocycles. The number of aryl methyl sites for hydroxylation is 1. The van der Waals surface area contributed by atoms with Gasteiger partial charge < -0.3 is 10.7 Å². The largest absolute Gasteiger partial charge is 0.366 e. The number of aromatic amines is 1. The molecule has 1 aromatic heterocycles. The third-order valence-electron chi connectivity index (χ3n) is 4.18. The van der Waals surface area contributed by atoms with Crippen LogP contribution in [0.4, 0.5) is 0 Å². The summed E-state index contributed by atoms with van der Waals surface area (Å²) in [4.78, 5) is 14.9. The first-order valence-electron chi connectivity index (χ1n) is 7.22.